The minimum absolute atomic E-state index is 0.189. The van der Waals surface area contributed by atoms with Crippen LogP contribution in [-0.4, -0.2) is 29.6 Å². The zero-order chi connectivity index (χ0) is 17.0. The van der Waals surface area contributed by atoms with E-state index in [-0.39, 0.29) is 5.41 Å². The molecule has 3 N–H and O–H groups in total. The van der Waals surface area contributed by atoms with Crippen LogP contribution in [0, 0.1) is 0 Å². The number of nitrogen functional groups attached to an aromatic ring is 1. The molecule has 0 bridgehead atoms. The Morgan fingerprint density at radius 2 is 1.96 bits per heavy atom. The summed E-state index contributed by atoms with van der Waals surface area (Å²) in [4.78, 5) is 2.57. The SMILES string of the molecule is CCC[C@@]1(c2cccc(O)c2)CCN(CCc2ccc(N)cc2)C1. The van der Waals surface area contributed by atoms with Gasteiger partial charge in [0.1, 0.15) is 5.75 Å². The highest BCUT2D eigenvalue weighted by atomic mass is 16.3. The standard InChI is InChI=1S/C21H28N2O/c1-2-11-21(18-4-3-5-20(24)15-18)12-14-23(16-21)13-10-17-6-8-19(22)9-7-17/h3-9,15,24H,2,10-14,16,22H2,1H3/t21-/m1/s1. The average Bonchev–Trinajstić information content (AvgIpc) is 2.99. The topological polar surface area (TPSA) is 49.5 Å². The van der Waals surface area contributed by atoms with Crippen molar-refractivity contribution < 1.29 is 5.11 Å². The van der Waals surface area contributed by atoms with Crippen molar-refractivity contribution in [3.63, 3.8) is 0 Å². The van der Waals surface area contributed by atoms with Crippen molar-refractivity contribution >= 4 is 5.69 Å². The van der Waals surface area contributed by atoms with Crippen molar-refractivity contribution in [2.75, 3.05) is 25.4 Å². The molecule has 1 fully saturated rings. The highest BCUT2D eigenvalue weighted by Crippen LogP contribution is 2.39. The summed E-state index contributed by atoms with van der Waals surface area (Å²) < 4.78 is 0. The molecule has 0 unspecified atom stereocenters. The fraction of sp³-hybridized carbons (Fsp3) is 0.429. The molecule has 2 aromatic carbocycles. The third-order valence-electron chi connectivity index (χ3n) is 5.32. The van der Waals surface area contributed by atoms with Gasteiger partial charge in [-0.25, -0.2) is 0 Å². The summed E-state index contributed by atoms with van der Waals surface area (Å²) in [6.45, 7) is 5.54. The van der Waals surface area contributed by atoms with Crippen LogP contribution in [0.5, 0.6) is 5.75 Å². The Morgan fingerprint density at radius 3 is 2.67 bits per heavy atom. The molecule has 1 atom stereocenters. The predicted molar refractivity (Wildman–Crippen MR) is 100 cm³/mol. The van der Waals surface area contributed by atoms with E-state index in [1.54, 1.807) is 6.07 Å². The molecule has 128 valence electrons. The summed E-state index contributed by atoms with van der Waals surface area (Å²) >= 11 is 0. The van der Waals surface area contributed by atoms with E-state index in [1.807, 2.05) is 24.3 Å². The number of nitrogens with two attached hydrogens (primary N) is 1. The molecule has 0 amide bonds. The van der Waals surface area contributed by atoms with Crippen molar-refractivity contribution in [1.82, 2.24) is 4.90 Å². The molecule has 0 aliphatic carbocycles. The molecule has 2 aromatic rings. The molecule has 1 aliphatic heterocycles. The molecule has 1 saturated heterocycles. The summed E-state index contributed by atoms with van der Waals surface area (Å²) in [6.07, 6.45) is 4.57. The molecule has 1 aliphatic rings. The number of benzene rings is 2. The summed E-state index contributed by atoms with van der Waals surface area (Å²) in [6, 6.07) is 16.1. The average molecular weight is 324 g/mol. The lowest BCUT2D eigenvalue weighted by Gasteiger charge is -2.30. The van der Waals surface area contributed by atoms with Gasteiger partial charge in [-0.1, -0.05) is 37.6 Å². The number of aromatic hydroxyl groups is 1. The Morgan fingerprint density at radius 1 is 1.17 bits per heavy atom. The van der Waals surface area contributed by atoms with E-state index in [4.69, 9.17) is 5.73 Å². The Hall–Kier alpha value is -2.00. The quantitative estimate of drug-likeness (QED) is 0.791. The minimum atomic E-state index is 0.189. The van der Waals surface area contributed by atoms with Gasteiger partial charge in [-0.15, -0.1) is 0 Å². The van der Waals surface area contributed by atoms with Crippen LogP contribution in [-0.2, 0) is 11.8 Å². The van der Waals surface area contributed by atoms with Gasteiger partial charge in [0.15, 0.2) is 0 Å². The first-order chi connectivity index (χ1) is 11.6. The maximum absolute atomic E-state index is 9.87. The number of phenolic OH excluding ortho intramolecular Hbond substituents is 1. The third-order valence-corrected chi connectivity index (χ3v) is 5.32. The Labute approximate surface area is 145 Å². The van der Waals surface area contributed by atoms with Crippen molar-refractivity contribution in [2.45, 2.75) is 38.0 Å². The number of hydrogen-bond acceptors (Lipinski definition) is 3. The van der Waals surface area contributed by atoms with E-state index in [1.165, 1.54) is 30.4 Å². The van der Waals surface area contributed by atoms with E-state index in [2.05, 4.69) is 30.0 Å². The Bertz CT molecular complexity index is 668. The van der Waals surface area contributed by atoms with E-state index in [9.17, 15) is 5.11 Å². The van der Waals surface area contributed by atoms with Gasteiger partial charge < -0.3 is 15.7 Å². The molecule has 3 rings (SSSR count). The highest BCUT2D eigenvalue weighted by Gasteiger charge is 2.38. The first kappa shape index (κ1) is 16.8. The third kappa shape index (κ3) is 3.73. The van der Waals surface area contributed by atoms with Gasteiger partial charge >= 0.3 is 0 Å². The zero-order valence-corrected chi connectivity index (χ0v) is 14.5. The monoisotopic (exact) mass is 324 g/mol. The molecule has 0 aromatic heterocycles. The maximum atomic E-state index is 9.87. The van der Waals surface area contributed by atoms with Crippen LogP contribution in [0.4, 0.5) is 5.69 Å². The van der Waals surface area contributed by atoms with Crippen LogP contribution in [0.3, 0.4) is 0 Å². The molecule has 0 spiro atoms. The van der Waals surface area contributed by atoms with E-state index >= 15 is 0 Å². The lowest BCUT2D eigenvalue weighted by molar-refractivity contribution is 0.304. The number of nitrogens with zero attached hydrogens (tertiary/aromatic N) is 1. The maximum Gasteiger partial charge on any atom is 0.115 e. The largest absolute Gasteiger partial charge is 0.508 e. The molecular weight excluding hydrogens is 296 g/mol. The van der Waals surface area contributed by atoms with Crippen molar-refractivity contribution in [3.8, 4) is 5.75 Å². The lowest BCUT2D eigenvalue weighted by atomic mass is 9.76. The first-order valence-electron chi connectivity index (χ1n) is 8.98. The molecule has 0 saturated carbocycles. The predicted octanol–water partition coefficient (Wildman–Crippen LogP) is 3.96. The van der Waals surface area contributed by atoms with E-state index in [0.717, 1.165) is 31.7 Å². The number of likely N-dealkylation sites (tertiary alicyclic amines) is 1. The molecule has 24 heavy (non-hydrogen) atoms. The number of rotatable bonds is 6. The van der Waals surface area contributed by atoms with Gasteiger partial charge in [0, 0.05) is 24.2 Å². The second-order valence-corrected chi connectivity index (χ2v) is 7.10. The van der Waals surface area contributed by atoms with Crippen LogP contribution < -0.4 is 5.73 Å². The number of phenols is 1. The fourth-order valence-electron chi connectivity index (χ4n) is 4.02. The summed E-state index contributed by atoms with van der Waals surface area (Å²) in [5, 5.41) is 9.87. The van der Waals surface area contributed by atoms with E-state index in [0.29, 0.717) is 5.75 Å². The van der Waals surface area contributed by atoms with Gasteiger partial charge in [-0.2, -0.15) is 0 Å². The molecular formula is C21H28N2O. The van der Waals surface area contributed by atoms with Gasteiger partial charge in [-0.05, 0) is 61.2 Å². The Kier molecular flexibility index (Phi) is 5.10. The lowest BCUT2D eigenvalue weighted by Crippen LogP contribution is -2.32. The molecule has 1 heterocycles. The van der Waals surface area contributed by atoms with Crippen LogP contribution in [0.15, 0.2) is 48.5 Å². The highest BCUT2D eigenvalue weighted by molar-refractivity contribution is 5.39. The van der Waals surface area contributed by atoms with Gasteiger partial charge in [0.05, 0.1) is 0 Å². The fourth-order valence-corrected chi connectivity index (χ4v) is 4.02. The summed E-state index contributed by atoms with van der Waals surface area (Å²) in [5.74, 6) is 0.378. The zero-order valence-electron chi connectivity index (χ0n) is 14.5. The summed E-state index contributed by atoms with van der Waals surface area (Å²) in [7, 11) is 0. The molecule has 0 radical (unpaired) electrons. The van der Waals surface area contributed by atoms with Gasteiger partial charge in [0.25, 0.3) is 0 Å². The first-order valence-corrected chi connectivity index (χ1v) is 8.98. The van der Waals surface area contributed by atoms with Crippen molar-refractivity contribution in [3.05, 3.63) is 59.7 Å². The number of anilines is 1. The minimum Gasteiger partial charge on any atom is -0.508 e. The molecule has 3 heteroatoms. The van der Waals surface area contributed by atoms with Crippen LogP contribution in [0.25, 0.3) is 0 Å². The van der Waals surface area contributed by atoms with Gasteiger partial charge in [0.2, 0.25) is 0 Å². The van der Waals surface area contributed by atoms with Crippen LogP contribution >= 0.6 is 0 Å². The second kappa shape index (κ2) is 7.27. The Balaban J connectivity index is 1.67. The van der Waals surface area contributed by atoms with Crippen LogP contribution in [0.2, 0.25) is 0 Å². The number of hydrogen-bond donors (Lipinski definition) is 2. The second-order valence-electron chi connectivity index (χ2n) is 7.10. The van der Waals surface area contributed by atoms with E-state index < -0.39 is 0 Å². The normalized spacial score (nSPS) is 21.2. The smallest absolute Gasteiger partial charge is 0.115 e. The van der Waals surface area contributed by atoms with Crippen molar-refractivity contribution in [2.24, 2.45) is 0 Å². The van der Waals surface area contributed by atoms with Gasteiger partial charge in [-0.3, -0.25) is 0 Å². The van der Waals surface area contributed by atoms with Crippen LogP contribution in [0.1, 0.15) is 37.3 Å². The summed E-state index contributed by atoms with van der Waals surface area (Å²) in [5.41, 5.74) is 9.41. The van der Waals surface area contributed by atoms with Crippen molar-refractivity contribution in [1.29, 1.82) is 0 Å². The molecule has 3 nitrogen and oxygen atoms in total.